The van der Waals surface area contributed by atoms with E-state index in [4.69, 9.17) is 9.47 Å². The second-order valence-electron chi connectivity index (χ2n) is 5.36. The van der Waals surface area contributed by atoms with Crippen molar-refractivity contribution in [3.05, 3.63) is 59.2 Å². The van der Waals surface area contributed by atoms with Crippen molar-refractivity contribution in [2.45, 2.75) is 19.2 Å². The van der Waals surface area contributed by atoms with E-state index in [0.29, 0.717) is 0 Å². The van der Waals surface area contributed by atoms with E-state index in [9.17, 15) is 0 Å². The summed E-state index contributed by atoms with van der Waals surface area (Å²) >= 11 is 0. The van der Waals surface area contributed by atoms with Crippen LogP contribution in [0.1, 0.15) is 22.9 Å². The maximum Gasteiger partial charge on any atom is 0.179 e. The maximum absolute atomic E-state index is 6.23. The van der Waals surface area contributed by atoms with Crippen LogP contribution in [-0.4, -0.2) is 18.6 Å². The largest absolute Gasteiger partial charge is 0.497 e. The lowest BCUT2D eigenvalue weighted by Gasteiger charge is -2.41. The lowest BCUT2D eigenvalue weighted by Crippen LogP contribution is -2.40. The second kappa shape index (κ2) is 4.53. The molecule has 0 N–H and O–H groups in total. The fraction of sp³-hybridized carbons (Fsp3) is 0.294. The van der Waals surface area contributed by atoms with E-state index in [1.165, 1.54) is 16.7 Å². The van der Waals surface area contributed by atoms with Crippen LogP contribution in [0, 0.1) is 0 Å². The Balaban J connectivity index is 1.74. The van der Waals surface area contributed by atoms with Crippen LogP contribution in [0.4, 0.5) is 0 Å². The molecule has 3 heteroatoms. The van der Waals surface area contributed by atoms with Gasteiger partial charge in [0.2, 0.25) is 0 Å². The summed E-state index contributed by atoms with van der Waals surface area (Å²) in [6.07, 6.45) is 1.15. The number of nitrogens with zero attached hydrogens (tertiary/aromatic N) is 1. The van der Waals surface area contributed by atoms with Crippen molar-refractivity contribution in [2.75, 3.05) is 13.7 Å². The van der Waals surface area contributed by atoms with Gasteiger partial charge in [0.1, 0.15) is 11.5 Å². The summed E-state index contributed by atoms with van der Waals surface area (Å²) in [5, 5.41) is 0. The minimum absolute atomic E-state index is 0.0563. The van der Waals surface area contributed by atoms with Crippen LogP contribution in [0.5, 0.6) is 11.5 Å². The highest BCUT2D eigenvalue weighted by molar-refractivity contribution is 5.43. The van der Waals surface area contributed by atoms with E-state index < -0.39 is 0 Å². The first-order chi connectivity index (χ1) is 9.85. The fourth-order valence-electron chi connectivity index (χ4n) is 3.14. The minimum atomic E-state index is 0.0563. The zero-order valence-corrected chi connectivity index (χ0v) is 11.5. The van der Waals surface area contributed by atoms with Gasteiger partial charge >= 0.3 is 0 Å². The standard InChI is InChI=1S/C17H17NO2/c1-19-14-6-7-16-13(10-14)11-18-9-8-12-4-2-3-5-15(12)17(18)20-16/h2-7,10,17H,8-9,11H2,1H3. The molecule has 20 heavy (non-hydrogen) atoms. The van der Waals surface area contributed by atoms with Gasteiger partial charge in [-0.2, -0.15) is 0 Å². The van der Waals surface area contributed by atoms with Crippen LogP contribution in [0.2, 0.25) is 0 Å². The van der Waals surface area contributed by atoms with Gasteiger partial charge in [0, 0.05) is 24.2 Å². The van der Waals surface area contributed by atoms with Crippen LogP contribution in [0.3, 0.4) is 0 Å². The zero-order chi connectivity index (χ0) is 13.5. The molecule has 0 spiro atoms. The second-order valence-corrected chi connectivity index (χ2v) is 5.36. The highest BCUT2D eigenvalue weighted by Crippen LogP contribution is 2.40. The Labute approximate surface area is 118 Å². The number of benzene rings is 2. The van der Waals surface area contributed by atoms with Gasteiger partial charge in [-0.1, -0.05) is 24.3 Å². The molecule has 2 aliphatic rings. The summed E-state index contributed by atoms with van der Waals surface area (Å²) in [5.74, 6) is 1.87. The van der Waals surface area contributed by atoms with Gasteiger partial charge in [-0.15, -0.1) is 0 Å². The van der Waals surface area contributed by atoms with Crippen molar-refractivity contribution < 1.29 is 9.47 Å². The quantitative estimate of drug-likeness (QED) is 0.792. The maximum atomic E-state index is 6.23. The van der Waals surface area contributed by atoms with Crippen LogP contribution in [-0.2, 0) is 13.0 Å². The molecule has 0 amide bonds. The first kappa shape index (κ1) is 11.8. The summed E-state index contributed by atoms with van der Waals surface area (Å²) in [6.45, 7) is 1.96. The molecule has 2 aliphatic heterocycles. The predicted octanol–water partition coefficient (Wildman–Crippen LogP) is 3.14. The molecule has 2 heterocycles. The summed E-state index contributed by atoms with van der Waals surface area (Å²) in [4.78, 5) is 2.39. The van der Waals surface area contributed by atoms with E-state index in [1.807, 2.05) is 12.1 Å². The van der Waals surface area contributed by atoms with Crippen LogP contribution < -0.4 is 9.47 Å². The summed E-state index contributed by atoms with van der Waals surface area (Å²) < 4.78 is 11.5. The number of hydrogen-bond donors (Lipinski definition) is 0. The smallest absolute Gasteiger partial charge is 0.179 e. The van der Waals surface area contributed by atoms with Gasteiger partial charge in [0.15, 0.2) is 6.23 Å². The van der Waals surface area contributed by atoms with E-state index >= 15 is 0 Å². The topological polar surface area (TPSA) is 21.7 Å². The van der Waals surface area contributed by atoms with Gasteiger partial charge in [-0.3, -0.25) is 4.90 Å². The Morgan fingerprint density at radius 3 is 2.95 bits per heavy atom. The van der Waals surface area contributed by atoms with E-state index in [2.05, 4.69) is 35.2 Å². The van der Waals surface area contributed by atoms with E-state index in [-0.39, 0.29) is 6.23 Å². The van der Waals surface area contributed by atoms with Crippen molar-refractivity contribution in [1.82, 2.24) is 4.90 Å². The number of methoxy groups -OCH3 is 1. The van der Waals surface area contributed by atoms with Crippen molar-refractivity contribution >= 4 is 0 Å². The highest BCUT2D eigenvalue weighted by Gasteiger charge is 2.33. The highest BCUT2D eigenvalue weighted by atomic mass is 16.5. The molecule has 0 aromatic heterocycles. The number of fused-ring (bicyclic) bond motifs is 4. The summed E-state index contributed by atoms with van der Waals surface area (Å²) in [5.41, 5.74) is 3.92. The SMILES string of the molecule is COc1ccc2c(c1)CN1CCc3ccccc3C1O2. The molecule has 0 aliphatic carbocycles. The van der Waals surface area contributed by atoms with Gasteiger partial charge < -0.3 is 9.47 Å². The zero-order valence-electron chi connectivity index (χ0n) is 11.5. The lowest BCUT2D eigenvalue weighted by molar-refractivity contribution is -0.0103. The molecule has 4 rings (SSSR count). The fourth-order valence-corrected chi connectivity index (χ4v) is 3.14. The van der Waals surface area contributed by atoms with Crippen molar-refractivity contribution in [3.8, 4) is 11.5 Å². The molecule has 0 saturated carbocycles. The molecule has 2 aromatic rings. The van der Waals surface area contributed by atoms with Crippen LogP contribution in [0.15, 0.2) is 42.5 Å². The average Bonchev–Trinajstić information content (AvgIpc) is 2.52. The van der Waals surface area contributed by atoms with Crippen LogP contribution >= 0.6 is 0 Å². The van der Waals surface area contributed by atoms with E-state index in [1.54, 1.807) is 7.11 Å². The molecule has 3 nitrogen and oxygen atoms in total. The van der Waals surface area contributed by atoms with Crippen molar-refractivity contribution in [1.29, 1.82) is 0 Å². The lowest BCUT2D eigenvalue weighted by atomic mass is 9.96. The first-order valence-corrected chi connectivity index (χ1v) is 7.00. The number of hydrogen-bond acceptors (Lipinski definition) is 3. The van der Waals surface area contributed by atoms with E-state index in [0.717, 1.165) is 31.0 Å². The molecule has 1 atom stereocenters. The average molecular weight is 267 g/mol. The molecule has 0 fully saturated rings. The molecular weight excluding hydrogens is 250 g/mol. The third kappa shape index (κ3) is 1.78. The summed E-state index contributed by atoms with van der Waals surface area (Å²) in [7, 11) is 1.70. The molecule has 2 aromatic carbocycles. The molecule has 1 unspecified atom stereocenters. The van der Waals surface area contributed by atoms with Crippen molar-refractivity contribution in [3.63, 3.8) is 0 Å². The third-order valence-corrected chi connectivity index (χ3v) is 4.20. The van der Waals surface area contributed by atoms with Gasteiger partial charge in [0.05, 0.1) is 7.11 Å². The molecule has 0 saturated heterocycles. The Bertz CT molecular complexity index is 653. The summed E-state index contributed by atoms with van der Waals surface area (Å²) in [6, 6.07) is 14.6. The molecule has 0 radical (unpaired) electrons. The monoisotopic (exact) mass is 267 g/mol. The Morgan fingerprint density at radius 2 is 2.05 bits per heavy atom. The van der Waals surface area contributed by atoms with Crippen LogP contribution in [0.25, 0.3) is 0 Å². The number of ether oxygens (including phenoxy) is 2. The molecule has 102 valence electrons. The third-order valence-electron chi connectivity index (χ3n) is 4.20. The van der Waals surface area contributed by atoms with Gasteiger partial charge in [-0.25, -0.2) is 0 Å². The van der Waals surface area contributed by atoms with Gasteiger partial charge in [0.25, 0.3) is 0 Å². The molecular formula is C17H17NO2. The number of rotatable bonds is 1. The Hall–Kier alpha value is -2.00. The predicted molar refractivity (Wildman–Crippen MR) is 76.9 cm³/mol. The normalized spacial score (nSPS) is 20.4. The Kier molecular flexibility index (Phi) is 2.67. The molecule has 0 bridgehead atoms. The van der Waals surface area contributed by atoms with Crippen molar-refractivity contribution in [2.24, 2.45) is 0 Å². The minimum Gasteiger partial charge on any atom is -0.497 e. The Morgan fingerprint density at radius 1 is 1.15 bits per heavy atom. The first-order valence-electron chi connectivity index (χ1n) is 7.00. The van der Waals surface area contributed by atoms with Gasteiger partial charge in [-0.05, 0) is 30.2 Å².